The van der Waals surface area contributed by atoms with Gasteiger partial charge in [-0.05, 0) is 37.5 Å². The molecule has 3 nitrogen and oxygen atoms in total. The van der Waals surface area contributed by atoms with Crippen molar-refractivity contribution in [2.24, 2.45) is 5.73 Å². The van der Waals surface area contributed by atoms with Crippen LogP contribution in [0.25, 0.3) is 0 Å². The predicted molar refractivity (Wildman–Crippen MR) is 65.6 cm³/mol. The topological polar surface area (TPSA) is 44.5 Å². The molecule has 0 radical (unpaired) electrons. The predicted octanol–water partition coefficient (Wildman–Crippen LogP) is 2.51. The number of methoxy groups -OCH3 is 1. The van der Waals surface area contributed by atoms with Crippen molar-refractivity contribution in [3.05, 3.63) is 29.8 Å². The van der Waals surface area contributed by atoms with Crippen molar-refractivity contribution in [2.45, 2.75) is 25.8 Å². The van der Waals surface area contributed by atoms with Gasteiger partial charge in [-0.1, -0.05) is 12.1 Å². The highest BCUT2D eigenvalue weighted by molar-refractivity contribution is 5.30. The van der Waals surface area contributed by atoms with Gasteiger partial charge in [0, 0.05) is 19.8 Å². The molecule has 0 heterocycles. The Morgan fingerprint density at radius 3 is 2.69 bits per heavy atom. The standard InChI is InChI=1S/C13H21NO2/c1-11(14)12-6-5-7-13(10-12)16-9-4-3-8-15-2/h5-7,10-11H,3-4,8-9,14H2,1-2H3/t11-/m1/s1. The van der Waals surface area contributed by atoms with Crippen LogP contribution >= 0.6 is 0 Å². The van der Waals surface area contributed by atoms with Gasteiger partial charge in [-0.25, -0.2) is 0 Å². The van der Waals surface area contributed by atoms with Crippen molar-refractivity contribution in [3.8, 4) is 5.75 Å². The number of nitrogens with two attached hydrogens (primary N) is 1. The summed E-state index contributed by atoms with van der Waals surface area (Å²) < 4.78 is 10.6. The summed E-state index contributed by atoms with van der Waals surface area (Å²) in [7, 11) is 1.72. The van der Waals surface area contributed by atoms with Gasteiger partial charge in [-0.15, -0.1) is 0 Å². The third kappa shape index (κ3) is 4.64. The average Bonchev–Trinajstić information content (AvgIpc) is 2.29. The molecule has 0 aromatic heterocycles. The van der Waals surface area contributed by atoms with Crippen LogP contribution in [0.15, 0.2) is 24.3 Å². The normalized spacial score (nSPS) is 12.4. The summed E-state index contributed by atoms with van der Waals surface area (Å²) in [4.78, 5) is 0. The minimum absolute atomic E-state index is 0.0528. The summed E-state index contributed by atoms with van der Waals surface area (Å²) in [6.45, 7) is 3.49. The van der Waals surface area contributed by atoms with Gasteiger partial charge in [0.1, 0.15) is 5.75 Å². The molecule has 0 aliphatic rings. The molecule has 1 aromatic rings. The van der Waals surface area contributed by atoms with E-state index in [0.29, 0.717) is 0 Å². The van der Waals surface area contributed by atoms with Crippen molar-refractivity contribution in [3.63, 3.8) is 0 Å². The van der Waals surface area contributed by atoms with E-state index in [1.165, 1.54) is 0 Å². The molecule has 1 rings (SSSR count). The SMILES string of the molecule is COCCCCOc1cccc([C@@H](C)N)c1. The molecule has 2 N–H and O–H groups in total. The van der Waals surface area contributed by atoms with Crippen LogP contribution in [-0.2, 0) is 4.74 Å². The zero-order valence-electron chi connectivity index (χ0n) is 10.1. The molecule has 0 saturated heterocycles. The van der Waals surface area contributed by atoms with E-state index in [9.17, 15) is 0 Å². The summed E-state index contributed by atoms with van der Waals surface area (Å²) in [5, 5.41) is 0. The molecular formula is C13H21NO2. The van der Waals surface area contributed by atoms with Crippen LogP contribution in [0.5, 0.6) is 5.75 Å². The lowest BCUT2D eigenvalue weighted by Crippen LogP contribution is -2.05. The third-order valence-electron chi connectivity index (χ3n) is 2.40. The number of ether oxygens (including phenoxy) is 2. The van der Waals surface area contributed by atoms with E-state index in [-0.39, 0.29) is 6.04 Å². The largest absolute Gasteiger partial charge is 0.494 e. The molecule has 16 heavy (non-hydrogen) atoms. The molecule has 1 atom stereocenters. The highest BCUT2D eigenvalue weighted by Gasteiger charge is 2.00. The monoisotopic (exact) mass is 223 g/mol. The molecule has 0 fully saturated rings. The lowest BCUT2D eigenvalue weighted by atomic mass is 10.1. The third-order valence-corrected chi connectivity index (χ3v) is 2.40. The van der Waals surface area contributed by atoms with E-state index >= 15 is 0 Å². The lowest BCUT2D eigenvalue weighted by molar-refractivity contribution is 0.184. The Hall–Kier alpha value is -1.06. The molecule has 0 amide bonds. The van der Waals surface area contributed by atoms with Crippen molar-refractivity contribution in [1.29, 1.82) is 0 Å². The molecule has 0 spiro atoms. The van der Waals surface area contributed by atoms with E-state index in [4.69, 9.17) is 15.2 Å². The van der Waals surface area contributed by atoms with Gasteiger partial charge < -0.3 is 15.2 Å². The summed E-state index contributed by atoms with van der Waals surface area (Å²) in [5.41, 5.74) is 6.91. The van der Waals surface area contributed by atoms with Gasteiger partial charge in [-0.3, -0.25) is 0 Å². The van der Waals surface area contributed by atoms with Gasteiger partial charge >= 0.3 is 0 Å². The molecule has 0 aliphatic carbocycles. The van der Waals surface area contributed by atoms with E-state index < -0.39 is 0 Å². The van der Waals surface area contributed by atoms with Gasteiger partial charge in [0.15, 0.2) is 0 Å². The molecule has 3 heteroatoms. The minimum atomic E-state index is 0.0528. The smallest absolute Gasteiger partial charge is 0.119 e. The summed E-state index contributed by atoms with van der Waals surface area (Å²) in [6.07, 6.45) is 2.04. The molecule has 0 aliphatic heterocycles. The Labute approximate surface area is 97.6 Å². The lowest BCUT2D eigenvalue weighted by Gasteiger charge is -2.09. The first-order chi connectivity index (χ1) is 7.74. The van der Waals surface area contributed by atoms with Crippen molar-refractivity contribution >= 4 is 0 Å². The molecule has 0 saturated carbocycles. The number of rotatable bonds is 7. The summed E-state index contributed by atoms with van der Waals surface area (Å²) in [6, 6.07) is 8.01. The van der Waals surface area contributed by atoms with E-state index in [2.05, 4.69) is 0 Å². The highest BCUT2D eigenvalue weighted by atomic mass is 16.5. The van der Waals surface area contributed by atoms with Crippen LogP contribution in [0.1, 0.15) is 31.4 Å². The zero-order valence-corrected chi connectivity index (χ0v) is 10.1. The van der Waals surface area contributed by atoms with Gasteiger partial charge in [0.2, 0.25) is 0 Å². The Kier molecular flexibility index (Phi) is 5.90. The van der Waals surface area contributed by atoms with Crippen molar-refractivity contribution in [2.75, 3.05) is 20.3 Å². The van der Waals surface area contributed by atoms with Crippen LogP contribution in [0.2, 0.25) is 0 Å². The molecule has 90 valence electrons. The van der Waals surface area contributed by atoms with Crippen molar-refractivity contribution < 1.29 is 9.47 Å². The van der Waals surface area contributed by atoms with Gasteiger partial charge in [0.25, 0.3) is 0 Å². The first-order valence-corrected chi connectivity index (χ1v) is 5.71. The number of hydrogen-bond donors (Lipinski definition) is 1. The Bertz CT molecular complexity index is 300. The Morgan fingerprint density at radius 2 is 2.00 bits per heavy atom. The summed E-state index contributed by atoms with van der Waals surface area (Å²) in [5.74, 6) is 0.896. The Morgan fingerprint density at radius 1 is 1.25 bits per heavy atom. The number of benzene rings is 1. The molecule has 1 aromatic carbocycles. The van der Waals surface area contributed by atoms with Crippen LogP contribution in [0.4, 0.5) is 0 Å². The highest BCUT2D eigenvalue weighted by Crippen LogP contribution is 2.17. The van der Waals surface area contributed by atoms with Crippen LogP contribution in [-0.4, -0.2) is 20.3 Å². The first-order valence-electron chi connectivity index (χ1n) is 5.71. The quantitative estimate of drug-likeness (QED) is 0.722. The molecule has 0 bridgehead atoms. The van der Waals surface area contributed by atoms with Crippen LogP contribution < -0.4 is 10.5 Å². The second-order valence-electron chi connectivity index (χ2n) is 3.91. The molecule has 0 unspecified atom stereocenters. The fraction of sp³-hybridized carbons (Fsp3) is 0.538. The van der Waals surface area contributed by atoms with E-state index in [0.717, 1.165) is 37.4 Å². The fourth-order valence-corrected chi connectivity index (χ4v) is 1.43. The fourth-order valence-electron chi connectivity index (χ4n) is 1.43. The number of hydrogen-bond acceptors (Lipinski definition) is 3. The zero-order chi connectivity index (χ0) is 11.8. The average molecular weight is 223 g/mol. The maximum absolute atomic E-state index is 5.80. The summed E-state index contributed by atoms with van der Waals surface area (Å²) >= 11 is 0. The maximum Gasteiger partial charge on any atom is 0.119 e. The van der Waals surface area contributed by atoms with Crippen LogP contribution in [0, 0.1) is 0 Å². The minimum Gasteiger partial charge on any atom is -0.494 e. The van der Waals surface area contributed by atoms with Gasteiger partial charge in [0.05, 0.1) is 6.61 Å². The first kappa shape index (κ1) is 13.0. The van der Waals surface area contributed by atoms with Crippen molar-refractivity contribution in [1.82, 2.24) is 0 Å². The number of unbranched alkanes of at least 4 members (excludes halogenated alkanes) is 1. The van der Waals surface area contributed by atoms with Crippen LogP contribution in [0.3, 0.4) is 0 Å². The van der Waals surface area contributed by atoms with E-state index in [1.807, 2.05) is 31.2 Å². The maximum atomic E-state index is 5.80. The second-order valence-corrected chi connectivity index (χ2v) is 3.91. The molecular weight excluding hydrogens is 202 g/mol. The Balaban J connectivity index is 2.33. The van der Waals surface area contributed by atoms with E-state index in [1.54, 1.807) is 7.11 Å². The second kappa shape index (κ2) is 7.25. The van der Waals surface area contributed by atoms with Gasteiger partial charge in [-0.2, -0.15) is 0 Å².